The number of nitrogens with one attached hydrogen (secondary N) is 1. The molecule has 112 valence electrons. The van der Waals surface area contributed by atoms with E-state index in [1.165, 1.54) is 12.1 Å². The predicted molar refractivity (Wildman–Crippen MR) is 73.3 cm³/mol. The van der Waals surface area contributed by atoms with E-state index in [4.69, 9.17) is 4.74 Å². The molecule has 0 saturated heterocycles. The van der Waals surface area contributed by atoms with Crippen molar-refractivity contribution in [2.24, 2.45) is 0 Å². The summed E-state index contributed by atoms with van der Waals surface area (Å²) in [5, 5.41) is 3.03. The van der Waals surface area contributed by atoms with E-state index in [0.717, 1.165) is 23.4 Å². The van der Waals surface area contributed by atoms with Gasteiger partial charge in [0.1, 0.15) is 5.75 Å². The standard InChI is InChI=1S/C15H15F3N2O/c1-10-11(9-19-2)3-8-14(20-10)21-13-6-4-12(5-7-13)15(16,17)18/h3-8,19H,9H2,1-2H3. The summed E-state index contributed by atoms with van der Waals surface area (Å²) < 4.78 is 42.8. The van der Waals surface area contributed by atoms with E-state index in [1.807, 2.05) is 20.0 Å². The number of hydrogen-bond acceptors (Lipinski definition) is 3. The van der Waals surface area contributed by atoms with E-state index < -0.39 is 11.7 Å². The van der Waals surface area contributed by atoms with Crippen LogP contribution in [0, 0.1) is 6.92 Å². The van der Waals surface area contributed by atoms with Crippen LogP contribution in [0.25, 0.3) is 0 Å². The number of alkyl halides is 3. The topological polar surface area (TPSA) is 34.1 Å². The highest BCUT2D eigenvalue weighted by Crippen LogP contribution is 2.31. The first kappa shape index (κ1) is 15.3. The molecule has 0 aliphatic rings. The smallest absolute Gasteiger partial charge is 0.416 e. The summed E-state index contributed by atoms with van der Waals surface area (Å²) in [6.45, 7) is 2.55. The zero-order chi connectivity index (χ0) is 15.5. The van der Waals surface area contributed by atoms with Crippen LogP contribution in [0.2, 0.25) is 0 Å². The molecular formula is C15H15F3N2O. The molecule has 1 heterocycles. The number of hydrogen-bond donors (Lipinski definition) is 1. The van der Waals surface area contributed by atoms with Crippen LogP contribution in [0.3, 0.4) is 0 Å². The first-order valence-electron chi connectivity index (χ1n) is 6.36. The van der Waals surface area contributed by atoms with Gasteiger partial charge in [-0.05, 0) is 43.8 Å². The molecule has 0 radical (unpaired) electrons. The summed E-state index contributed by atoms with van der Waals surface area (Å²) in [4.78, 5) is 4.27. The second-order valence-corrected chi connectivity index (χ2v) is 4.55. The molecule has 6 heteroatoms. The van der Waals surface area contributed by atoms with Crippen molar-refractivity contribution in [3.05, 3.63) is 53.2 Å². The monoisotopic (exact) mass is 296 g/mol. The van der Waals surface area contributed by atoms with Crippen molar-refractivity contribution in [3.63, 3.8) is 0 Å². The molecule has 2 aromatic rings. The third kappa shape index (κ3) is 3.95. The lowest BCUT2D eigenvalue weighted by Gasteiger charge is -2.10. The maximum absolute atomic E-state index is 12.5. The van der Waals surface area contributed by atoms with E-state index in [9.17, 15) is 13.2 Å². The lowest BCUT2D eigenvalue weighted by atomic mass is 10.2. The highest BCUT2D eigenvalue weighted by atomic mass is 19.4. The van der Waals surface area contributed by atoms with Crippen molar-refractivity contribution >= 4 is 0 Å². The molecule has 21 heavy (non-hydrogen) atoms. The third-order valence-electron chi connectivity index (χ3n) is 2.94. The number of nitrogens with zero attached hydrogens (tertiary/aromatic N) is 1. The van der Waals surface area contributed by atoms with Gasteiger partial charge >= 0.3 is 6.18 Å². The Balaban J connectivity index is 2.13. The molecule has 0 aliphatic heterocycles. The first-order chi connectivity index (χ1) is 9.90. The summed E-state index contributed by atoms with van der Waals surface area (Å²) >= 11 is 0. The van der Waals surface area contributed by atoms with Gasteiger partial charge < -0.3 is 10.1 Å². The Kier molecular flexibility index (Phi) is 4.47. The minimum atomic E-state index is -4.35. The Bertz CT molecular complexity index is 609. The summed E-state index contributed by atoms with van der Waals surface area (Å²) in [5.74, 6) is 0.670. The average Bonchev–Trinajstić information content (AvgIpc) is 2.42. The summed E-state index contributed by atoms with van der Waals surface area (Å²) in [6.07, 6.45) is -4.35. The van der Waals surface area contributed by atoms with Gasteiger partial charge in [-0.2, -0.15) is 13.2 Å². The SMILES string of the molecule is CNCc1ccc(Oc2ccc(C(F)(F)F)cc2)nc1C. The minimum absolute atomic E-state index is 0.316. The van der Waals surface area contributed by atoms with Gasteiger partial charge in [0.25, 0.3) is 0 Å². The van der Waals surface area contributed by atoms with Gasteiger partial charge in [0.15, 0.2) is 0 Å². The summed E-state index contributed by atoms with van der Waals surface area (Å²) in [7, 11) is 1.84. The number of aryl methyl sites for hydroxylation is 1. The van der Waals surface area contributed by atoms with Crippen LogP contribution in [0.15, 0.2) is 36.4 Å². The fraction of sp³-hybridized carbons (Fsp3) is 0.267. The maximum atomic E-state index is 12.5. The van der Waals surface area contributed by atoms with Crippen molar-refractivity contribution in [3.8, 4) is 11.6 Å². The molecule has 0 saturated carbocycles. The fourth-order valence-corrected chi connectivity index (χ4v) is 1.83. The molecule has 0 atom stereocenters. The molecule has 0 spiro atoms. The number of ether oxygens (including phenoxy) is 1. The van der Waals surface area contributed by atoms with Gasteiger partial charge in [-0.25, -0.2) is 4.98 Å². The highest BCUT2D eigenvalue weighted by molar-refractivity contribution is 5.33. The number of rotatable bonds is 4. The molecule has 1 N–H and O–H groups in total. The Morgan fingerprint density at radius 2 is 1.76 bits per heavy atom. The zero-order valence-corrected chi connectivity index (χ0v) is 11.7. The van der Waals surface area contributed by atoms with Gasteiger partial charge in [-0.3, -0.25) is 0 Å². The maximum Gasteiger partial charge on any atom is 0.416 e. The zero-order valence-electron chi connectivity index (χ0n) is 11.7. The highest BCUT2D eigenvalue weighted by Gasteiger charge is 2.30. The van der Waals surface area contributed by atoms with Crippen molar-refractivity contribution in [2.75, 3.05) is 7.05 Å². The van der Waals surface area contributed by atoms with E-state index in [2.05, 4.69) is 10.3 Å². The second kappa shape index (κ2) is 6.13. The van der Waals surface area contributed by atoms with Crippen molar-refractivity contribution < 1.29 is 17.9 Å². The molecule has 0 aliphatic carbocycles. The van der Waals surface area contributed by atoms with E-state index in [0.29, 0.717) is 18.2 Å². The lowest BCUT2D eigenvalue weighted by Crippen LogP contribution is -2.07. The van der Waals surface area contributed by atoms with Crippen LogP contribution in [-0.2, 0) is 12.7 Å². The van der Waals surface area contributed by atoms with Gasteiger partial charge in [0.2, 0.25) is 5.88 Å². The van der Waals surface area contributed by atoms with Crippen LogP contribution < -0.4 is 10.1 Å². The molecule has 3 nitrogen and oxygen atoms in total. The lowest BCUT2D eigenvalue weighted by molar-refractivity contribution is -0.137. The molecule has 1 aromatic heterocycles. The summed E-state index contributed by atoms with van der Waals surface area (Å²) in [5.41, 5.74) is 1.15. The van der Waals surface area contributed by atoms with Gasteiger partial charge in [-0.1, -0.05) is 6.07 Å². The molecule has 0 bridgehead atoms. The predicted octanol–water partition coefficient (Wildman–Crippen LogP) is 3.92. The molecule has 0 amide bonds. The number of aromatic nitrogens is 1. The third-order valence-corrected chi connectivity index (χ3v) is 2.94. The van der Waals surface area contributed by atoms with Gasteiger partial charge in [-0.15, -0.1) is 0 Å². The Morgan fingerprint density at radius 1 is 1.10 bits per heavy atom. The largest absolute Gasteiger partial charge is 0.439 e. The molecular weight excluding hydrogens is 281 g/mol. The first-order valence-corrected chi connectivity index (χ1v) is 6.36. The number of pyridine rings is 1. The van der Waals surface area contributed by atoms with E-state index in [-0.39, 0.29) is 0 Å². The molecule has 2 rings (SSSR count). The minimum Gasteiger partial charge on any atom is -0.439 e. The quantitative estimate of drug-likeness (QED) is 0.928. The molecule has 0 unspecified atom stereocenters. The van der Waals surface area contributed by atoms with E-state index in [1.54, 1.807) is 6.07 Å². The van der Waals surface area contributed by atoms with E-state index >= 15 is 0 Å². The Labute approximate surface area is 120 Å². The fourth-order valence-electron chi connectivity index (χ4n) is 1.83. The van der Waals surface area contributed by atoms with Gasteiger partial charge in [0.05, 0.1) is 5.56 Å². The van der Waals surface area contributed by atoms with Crippen LogP contribution in [0.4, 0.5) is 13.2 Å². The van der Waals surface area contributed by atoms with Crippen LogP contribution in [-0.4, -0.2) is 12.0 Å². The molecule has 1 aromatic carbocycles. The Hall–Kier alpha value is -2.08. The second-order valence-electron chi connectivity index (χ2n) is 4.55. The molecule has 0 fully saturated rings. The van der Waals surface area contributed by atoms with Crippen LogP contribution >= 0.6 is 0 Å². The van der Waals surface area contributed by atoms with Crippen molar-refractivity contribution in [2.45, 2.75) is 19.6 Å². The van der Waals surface area contributed by atoms with Crippen LogP contribution in [0.1, 0.15) is 16.8 Å². The Morgan fingerprint density at radius 3 is 2.29 bits per heavy atom. The number of benzene rings is 1. The van der Waals surface area contributed by atoms with Gasteiger partial charge in [0, 0.05) is 18.3 Å². The van der Waals surface area contributed by atoms with Crippen LogP contribution in [0.5, 0.6) is 11.6 Å². The van der Waals surface area contributed by atoms with Crippen molar-refractivity contribution in [1.82, 2.24) is 10.3 Å². The van der Waals surface area contributed by atoms with Crippen molar-refractivity contribution in [1.29, 1.82) is 0 Å². The summed E-state index contributed by atoms with van der Waals surface area (Å²) in [6, 6.07) is 8.09. The normalized spacial score (nSPS) is 11.5. The number of halogens is 3. The average molecular weight is 296 g/mol.